The summed E-state index contributed by atoms with van der Waals surface area (Å²) < 4.78 is 10.1. The van der Waals surface area contributed by atoms with Gasteiger partial charge in [0, 0.05) is 0 Å². The number of halogens is 1. The molecule has 0 radical (unpaired) electrons. The van der Waals surface area contributed by atoms with E-state index in [0.29, 0.717) is 13.1 Å². The van der Waals surface area contributed by atoms with Crippen LogP contribution in [0, 0.1) is 0 Å². The highest BCUT2D eigenvalue weighted by atomic mass is 35.5. The molecule has 1 fully saturated rings. The molecule has 1 amide bonds. The molecule has 0 aromatic heterocycles. The van der Waals surface area contributed by atoms with Crippen molar-refractivity contribution >= 4 is 23.7 Å². The number of esters is 1. The molecule has 0 atom stereocenters. The second-order valence-electron chi connectivity index (χ2n) is 4.63. The van der Waals surface area contributed by atoms with Crippen LogP contribution in [0.4, 0.5) is 4.79 Å². The van der Waals surface area contributed by atoms with Crippen molar-refractivity contribution in [3.63, 3.8) is 0 Å². The van der Waals surface area contributed by atoms with Crippen LogP contribution >= 0.6 is 11.6 Å². The van der Waals surface area contributed by atoms with Gasteiger partial charge >= 0.3 is 12.1 Å². The first kappa shape index (κ1) is 13.1. The first-order chi connectivity index (χ1) is 7.31. The third-order valence-electron chi connectivity index (χ3n) is 1.91. The Hall–Kier alpha value is -0.970. The van der Waals surface area contributed by atoms with Crippen molar-refractivity contribution in [1.82, 2.24) is 4.90 Å². The van der Waals surface area contributed by atoms with Crippen molar-refractivity contribution in [3.05, 3.63) is 0 Å². The maximum atomic E-state index is 11.5. The first-order valence-electron chi connectivity index (χ1n) is 5.05. The van der Waals surface area contributed by atoms with Crippen molar-refractivity contribution in [2.24, 2.45) is 0 Å². The second kappa shape index (κ2) is 4.91. The summed E-state index contributed by atoms with van der Waals surface area (Å²) in [6.45, 7) is 6.15. The molecule has 92 valence electrons. The van der Waals surface area contributed by atoms with Gasteiger partial charge in [-0.1, -0.05) is 0 Å². The van der Waals surface area contributed by atoms with Gasteiger partial charge in [0.15, 0.2) is 0 Å². The minimum absolute atomic E-state index is 0.164. The van der Waals surface area contributed by atoms with Gasteiger partial charge < -0.3 is 14.4 Å². The Morgan fingerprint density at radius 1 is 1.38 bits per heavy atom. The van der Waals surface area contributed by atoms with Crippen LogP contribution in [0.25, 0.3) is 0 Å². The van der Waals surface area contributed by atoms with E-state index >= 15 is 0 Å². The molecule has 6 heteroatoms. The maximum Gasteiger partial charge on any atom is 0.410 e. The lowest BCUT2D eigenvalue weighted by Crippen LogP contribution is -2.56. The van der Waals surface area contributed by atoms with Crippen LogP contribution in [0.15, 0.2) is 0 Å². The Morgan fingerprint density at radius 3 is 2.38 bits per heavy atom. The smallest absolute Gasteiger partial charge is 0.410 e. The van der Waals surface area contributed by atoms with Gasteiger partial charge in [0.25, 0.3) is 0 Å². The summed E-state index contributed by atoms with van der Waals surface area (Å²) in [5.74, 6) is -0.626. The van der Waals surface area contributed by atoms with Gasteiger partial charge in [-0.2, -0.15) is 0 Å². The molecular formula is C10H16ClNO4. The fraction of sp³-hybridized carbons (Fsp3) is 0.800. The predicted molar refractivity (Wildman–Crippen MR) is 58.4 cm³/mol. The zero-order valence-electron chi connectivity index (χ0n) is 9.66. The van der Waals surface area contributed by atoms with Crippen LogP contribution in [-0.2, 0) is 14.3 Å². The Kier molecular flexibility index (Phi) is 4.02. The van der Waals surface area contributed by atoms with Crippen molar-refractivity contribution in [3.8, 4) is 0 Å². The molecule has 0 aromatic carbocycles. The molecule has 1 aliphatic heterocycles. The monoisotopic (exact) mass is 249 g/mol. The highest BCUT2D eigenvalue weighted by Gasteiger charge is 2.35. The predicted octanol–water partition coefficient (Wildman–Crippen LogP) is 1.39. The van der Waals surface area contributed by atoms with E-state index in [4.69, 9.17) is 21.1 Å². The molecule has 1 aliphatic rings. The molecule has 0 unspecified atom stereocenters. The average Bonchev–Trinajstić information content (AvgIpc) is 2.06. The molecule has 0 saturated carbocycles. The van der Waals surface area contributed by atoms with Crippen LogP contribution < -0.4 is 0 Å². The van der Waals surface area contributed by atoms with Crippen molar-refractivity contribution < 1.29 is 19.1 Å². The molecule has 1 heterocycles. The molecule has 5 nitrogen and oxygen atoms in total. The lowest BCUT2D eigenvalue weighted by atomic mass is 10.2. The molecule has 0 N–H and O–H groups in total. The zero-order valence-corrected chi connectivity index (χ0v) is 10.4. The van der Waals surface area contributed by atoms with Gasteiger partial charge in [0.2, 0.25) is 0 Å². The standard InChI is InChI=1S/C10H16ClNO4/c1-10(2,3)16-9(14)12-5-7(6-12)15-8(13)4-11/h7H,4-6H2,1-3H3. The molecular weight excluding hydrogens is 234 g/mol. The van der Waals surface area contributed by atoms with Gasteiger partial charge in [-0.25, -0.2) is 4.79 Å². The quantitative estimate of drug-likeness (QED) is 0.548. The fourth-order valence-electron chi connectivity index (χ4n) is 1.21. The van der Waals surface area contributed by atoms with E-state index in [9.17, 15) is 9.59 Å². The summed E-state index contributed by atoms with van der Waals surface area (Å²) in [6.07, 6.45) is -0.635. The summed E-state index contributed by atoms with van der Waals surface area (Å²) >= 11 is 5.28. The summed E-state index contributed by atoms with van der Waals surface area (Å²) in [5, 5.41) is 0. The van der Waals surface area contributed by atoms with Crippen LogP contribution in [-0.4, -0.2) is 47.6 Å². The van der Waals surface area contributed by atoms with E-state index in [0.717, 1.165) is 0 Å². The molecule has 1 saturated heterocycles. The van der Waals surface area contributed by atoms with Crippen LogP contribution in [0.3, 0.4) is 0 Å². The number of carbonyl (C=O) groups is 2. The average molecular weight is 250 g/mol. The van der Waals surface area contributed by atoms with Gasteiger partial charge in [-0.15, -0.1) is 11.6 Å². The highest BCUT2D eigenvalue weighted by Crippen LogP contribution is 2.17. The van der Waals surface area contributed by atoms with Gasteiger partial charge in [-0.05, 0) is 20.8 Å². The molecule has 0 bridgehead atoms. The Balaban J connectivity index is 2.25. The largest absolute Gasteiger partial charge is 0.458 e. The SMILES string of the molecule is CC(C)(C)OC(=O)N1CC(OC(=O)CCl)C1. The number of amides is 1. The lowest BCUT2D eigenvalue weighted by Gasteiger charge is -2.38. The maximum absolute atomic E-state index is 11.5. The van der Waals surface area contributed by atoms with Gasteiger partial charge in [0.1, 0.15) is 17.6 Å². The van der Waals surface area contributed by atoms with E-state index in [1.54, 1.807) is 20.8 Å². The number of alkyl halides is 1. The Bertz CT molecular complexity index is 281. The number of hydrogen-bond donors (Lipinski definition) is 0. The van der Waals surface area contributed by atoms with Gasteiger partial charge in [-0.3, -0.25) is 4.79 Å². The summed E-state index contributed by atoms with van der Waals surface area (Å²) in [5.41, 5.74) is -0.505. The summed E-state index contributed by atoms with van der Waals surface area (Å²) in [7, 11) is 0. The fourth-order valence-corrected chi connectivity index (χ4v) is 1.27. The minimum Gasteiger partial charge on any atom is -0.458 e. The van der Waals surface area contributed by atoms with Crippen molar-refractivity contribution in [2.75, 3.05) is 19.0 Å². The molecule has 16 heavy (non-hydrogen) atoms. The zero-order chi connectivity index (χ0) is 12.3. The number of nitrogens with zero attached hydrogens (tertiary/aromatic N) is 1. The number of rotatable bonds is 2. The molecule has 1 rings (SSSR count). The number of likely N-dealkylation sites (tertiary alicyclic amines) is 1. The third-order valence-corrected chi connectivity index (χ3v) is 2.13. The Morgan fingerprint density at radius 2 is 1.94 bits per heavy atom. The summed E-state index contributed by atoms with van der Waals surface area (Å²) in [4.78, 5) is 23.8. The van der Waals surface area contributed by atoms with E-state index in [2.05, 4.69) is 0 Å². The van der Waals surface area contributed by atoms with Crippen molar-refractivity contribution in [1.29, 1.82) is 0 Å². The van der Waals surface area contributed by atoms with E-state index < -0.39 is 11.6 Å². The van der Waals surface area contributed by atoms with Gasteiger partial charge in [0.05, 0.1) is 13.1 Å². The second-order valence-corrected chi connectivity index (χ2v) is 4.90. The highest BCUT2D eigenvalue weighted by molar-refractivity contribution is 6.26. The molecule has 0 spiro atoms. The van der Waals surface area contributed by atoms with E-state index in [1.165, 1.54) is 4.90 Å². The minimum atomic E-state index is -0.505. The van der Waals surface area contributed by atoms with E-state index in [-0.39, 0.29) is 18.1 Å². The first-order valence-corrected chi connectivity index (χ1v) is 5.58. The third kappa shape index (κ3) is 3.89. The Labute approximate surface area is 99.6 Å². The van der Waals surface area contributed by atoms with Crippen LogP contribution in [0.5, 0.6) is 0 Å². The topological polar surface area (TPSA) is 55.8 Å². The number of carbonyl (C=O) groups excluding carboxylic acids is 2. The number of hydrogen-bond acceptors (Lipinski definition) is 4. The number of ether oxygens (including phenoxy) is 2. The van der Waals surface area contributed by atoms with E-state index in [1.807, 2.05) is 0 Å². The van der Waals surface area contributed by atoms with Crippen molar-refractivity contribution in [2.45, 2.75) is 32.5 Å². The van der Waals surface area contributed by atoms with Crippen LogP contribution in [0.2, 0.25) is 0 Å². The normalized spacial score (nSPS) is 16.6. The molecule has 0 aromatic rings. The lowest BCUT2D eigenvalue weighted by molar-refractivity contribution is -0.153. The van der Waals surface area contributed by atoms with Crippen LogP contribution in [0.1, 0.15) is 20.8 Å². The summed E-state index contributed by atoms with van der Waals surface area (Å²) in [6, 6.07) is 0. The molecule has 0 aliphatic carbocycles.